The number of hydrogen-bond donors (Lipinski definition) is 2. The van der Waals surface area contributed by atoms with E-state index in [9.17, 15) is 4.79 Å². The second kappa shape index (κ2) is 8.74. The summed E-state index contributed by atoms with van der Waals surface area (Å²) in [6, 6.07) is 24.3. The van der Waals surface area contributed by atoms with E-state index >= 15 is 0 Å². The van der Waals surface area contributed by atoms with E-state index < -0.39 is 0 Å². The Kier molecular flexibility index (Phi) is 5.70. The molecule has 0 atom stereocenters. The molecule has 0 unspecified atom stereocenters. The number of hydrogen-bond acceptors (Lipinski definition) is 3. The van der Waals surface area contributed by atoms with Crippen LogP contribution >= 0.6 is 0 Å². The molecule has 4 rings (SSSR count). The Bertz CT molecular complexity index is 1210. The van der Waals surface area contributed by atoms with Crippen molar-refractivity contribution < 1.29 is 4.79 Å². The summed E-state index contributed by atoms with van der Waals surface area (Å²) in [4.78, 5) is 12.6. The molecule has 1 heterocycles. The molecule has 0 saturated heterocycles. The lowest BCUT2D eigenvalue weighted by molar-refractivity contribution is 0.0950. The zero-order valence-corrected chi connectivity index (χ0v) is 17.1. The largest absolute Gasteiger partial charge is 0.289 e. The molecule has 30 heavy (non-hydrogen) atoms. The fraction of sp³-hybridized carbons (Fsp3) is 0.160. The molecule has 1 aromatic heterocycles. The smallest absolute Gasteiger partial charge is 0.272 e. The molecule has 0 aliphatic carbocycles. The van der Waals surface area contributed by atoms with Crippen molar-refractivity contribution in [2.24, 2.45) is 5.10 Å². The van der Waals surface area contributed by atoms with Crippen molar-refractivity contribution in [2.45, 2.75) is 26.7 Å². The zero-order chi connectivity index (χ0) is 20.9. The maximum absolute atomic E-state index is 12.6. The molecular formula is C25H24N4O. The fourth-order valence-electron chi connectivity index (χ4n) is 3.39. The molecule has 2 N–H and O–H groups in total. The molecule has 0 spiro atoms. The van der Waals surface area contributed by atoms with Gasteiger partial charge in [0.25, 0.3) is 5.91 Å². The number of aromatic amines is 1. The molecule has 0 aliphatic rings. The van der Waals surface area contributed by atoms with Crippen LogP contribution in [0, 0.1) is 0 Å². The molecular weight excluding hydrogens is 372 g/mol. The molecule has 0 aliphatic heterocycles. The molecule has 0 saturated carbocycles. The van der Waals surface area contributed by atoms with Crippen LogP contribution in [-0.2, 0) is 6.42 Å². The van der Waals surface area contributed by atoms with E-state index in [4.69, 9.17) is 0 Å². The predicted octanol–water partition coefficient (Wildman–Crippen LogP) is 5.34. The number of fused-ring (bicyclic) bond motifs is 1. The van der Waals surface area contributed by atoms with Crippen molar-refractivity contribution in [3.8, 4) is 11.3 Å². The summed E-state index contributed by atoms with van der Waals surface area (Å²) in [7, 11) is 0. The normalized spacial score (nSPS) is 11.6. The number of carbonyl (C=O) groups excluding carboxylic acids is 1. The first kappa shape index (κ1) is 19.6. The van der Waals surface area contributed by atoms with Crippen LogP contribution in [0.1, 0.15) is 41.9 Å². The summed E-state index contributed by atoms with van der Waals surface area (Å²) >= 11 is 0. The second-order valence-electron chi connectivity index (χ2n) is 7.13. The van der Waals surface area contributed by atoms with Crippen LogP contribution in [0.15, 0.2) is 77.9 Å². The highest BCUT2D eigenvalue weighted by atomic mass is 16.2. The molecule has 0 fully saturated rings. The number of benzene rings is 3. The number of nitrogens with one attached hydrogen (secondary N) is 2. The Hall–Kier alpha value is -3.73. The number of carbonyl (C=O) groups is 1. The molecule has 1 amide bonds. The average Bonchev–Trinajstić information content (AvgIpc) is 3.30. The Balaban J connectivity index is 1.50. The van der Waals surface area contributed by atoms with Crippen molar-refractivity contribution in [1.82, 2.24) is 15.6 Å². The van der Waals surface area contributed by atoms with E-state index in [0.29, 0.717) is 5.69 Å². The highest BCUT2D eigenvalue weighted by Gasteiger charge is 2.12. The van der Waals surface area contributed by atoms with E-state index in [1.165, 1.54) is 10.9 Å². The number of aryl methyl sites for hydroxylation is 1. The topological polar surface area (TPSA) is 70.1 Å². The van der Waals surface area contributed by atoms with E-state index in [-0.39, 0.29) is 5.91 Å². The van der Waals surface area contributed by atoms with Crippen molar-refractivity contribution in [1.29, 1.82) is 0 Å². The van der Waals surface area contributed by atoms with Crippen LogP contribution in [0.4, 0.5) is 0 Å². The maximum Gasteiger partial charge on any atom is 0.289 e. The first-order valence-electron chi connectivity index (χ1n) is 10.2. The maximum atomic E-state index is 12.6. The van der Waals surface area contributed by atoms with E-state index in [0.717, 1.165) is 40.8 Å². The third kappa shape index (κ3) is 4.15. The van der Waals surface area contributed by atoms with E-state index in [1.54, 1.807) is 6.07 Å². The molecule has 5 nitrogen and oxygen atoms in total. The van der Waals surface area contributed by atoms with E-state index in [1.807, 2.05) is 37.3 Å². The quantitative estimate of drug-likeness (QED) is 0.341. The highest BCUT2D eigenvalue weighted by Crippen LogP contribution is 2.23. The predicted molar refractivity (Wildman–Crippen MR) is 122 cm³/mol. The summed E-state index contributed by atoms with van der Waals surface area (Å²) in [5.74, 6) is -0.314. The Labute approximate surface area is 175 Å². The minimum Gasteiger partial charge on any atom is -0.272 e. The van der Waals surface area contributed by atoms with Crippen molar-refractivity contribution in [2.75, 3.05) is 0 Å². The van der Waals surface area contributed by atoms with Crippen molar-refractivity contribution >= 4 is 22.4 Å². The van der Waals surface area contributed by atoms with Gasteiger partial charge in [0.1, 0.15) is 5.69 Å². The molecule has 3 aromatic carbocycles. The molecule has 4 aromatic rings. The van der Waals surface area contributed by atoms with Gasteiger partial charge in [-0.05, 0) is 46.9 Å². The second-order valence-corrected chi connectivity index (χ2v) is 7.13. The number of nitrogens with zero attached hydrogens (tertiary/aromatic N) is 2. The Morgan fingerprint density at radius 3 is 2.47 bits per heavy atom. The van der Waals surface area contributed by atoms with Gasteiger partial charge >= 0.3 is 0 Å². The minimum atomic E-state index is -0.314. The van der Waals surface area contributed by atoms with Gasteiger partial charge in [-0.15, -0.1) is 0 Å². The number of hydrazone groups is 1. The van der Waals surface area contributed by atoms with Gasteiger partial charge in [-0.3, -0.25) is 9.89 Å². The standard InChI is InChI=1S/C25H24N4O/c1-3-17-9-11-19(12-10-17)22(4-2)26-29-25(30)24-16-23(27-28-24)21-14-13-18-7-5-6-8-20(18)15-21/h5-16H,3-4H2,1-2H3,(H,27,28)(H,29,30). The van der Waals surface area contributed by atoms with Gasteiger partial charge in [-0.2, -0.15) is 10.2 Å². The summed E-state index contributed by atoms with van der Waals surface area (Å²) in [6.45, 7) is 4.15. The number of aromatic nitrogens is 2. The number of H-pyrrole nitrogens is 1. The van der Waals surface area contributed by atoms with Crippen molar-refractivity contribution in [3.05, 3.63) is 89.6 Å². The first-order valence-corrected chi connectivity index (χ1v) is 10.2. The van der Waals surface area contributed by atoms with Crippen molar-refractivity contribution in [3.63, 3.8) is 0 Å². The monoisotopic (exact) mass is 396 g/mol. The van der Waals surface area contributed by atoms with Crippen LogP contribution < -0.4 is 5.43 Å². The van der Waals surface area contributed by atoms with Crippen LogP contribution in [-0.4, -0.2) is 21.8 Å². The number of amides is 1. The van der Waals surface area contributed by atoms with Gasteiger partial charge in [-0.25, -0.2) is 5.43 Å². The molecule has 0 bridgehead atoms. The van der Waals surface area contributed by atoms with Gasteiger partial charge in [0.05, 0.1) is 11.4 Å². The summed E-state index contributed by atoms with van der Waals surface area (Å²) in [5.41, 5.74) is 7.82. The van der Waals surface area contributed by atoms with Gasteiger partial charge < -0.3 is 0 Å². The average molecular weight is 396 g/mol. The van der Waals surface area contributed by atoms with Crippen LogP contribution in [0.5, 0.6) is 0 Å². The lowest BCUT2D eigenvalue weighted by Gasteiger charge is -2.05. The summed E-state index contributed by atoms with van der Waals surface area (Å²) in [6.07, 6.45) is 1.71. The Morgan fingerprint density at radius 1 is 0.967 bits per heavy atom. The SMILES string of the molecule is CCC(=NNC(=O)c1cc(-c2ccc3ccccc3c2)n[nH]1)c1ccc(CC)cc1. The molecule has 150 valence electrons. The molecule has 5 heteroatoms. The highest BCUT2D eigenvalue weighted by molar-refractivity contribution is 6.02. The minimum absolute atomic E-state index is 0.314. The fourth-order valence-corrected chi connectivity index (χ4v) is 3.39. The van der Waals surface area contributed by atoms with Crippen LogP contribution in [0.3, 0.4) is 0 Å². The summed E-state index contributed by atoms with van der Waals surface area (Å²) in [5, 5.41) is 13.8. The third-order valence-corrected chi connectivity index (χ3v) is 5.19. The van der Waals surface area contributed by atoms with Crippen LogP contribution in [0.2, 0.25) is 0 Å². The van der Waals surface area contributed by atoms with Gasteiger partial charge in [0, 0.05) is 5.56 Å². The zero-order valence-electron chi connectivity index (χ0n) is 17.1. The molecule has 0 radical (unpaired) electrons. The Morgan fingerprint density at radius 2 is 1.73 bits per heavy atom. The number of rotatable bonds is 6. The summed E-state index contributed by atoms with van der Waals surface area (Å²) < 4.78 is 0. The van der Waals surface area contributed by atoms with Gasteiger partial charge in [0.2, 0.25) is 0 Å². The van der Waals surface area contributed by atoms with Gasteiger partial charge in [0.15, 0.2) is 0 Å². The van der Waals surface area contributed by atoms with Crippen LogP contribution in [0.25, 0.3) is 22.0 Å². The third-order valence-electron chi connectivity index (χ3n) is 5.19. The lowest BCUT2D eigenvalue weighted by atomic mass is 10.0. The van der Waals surface area contributed by atoms with E-state index in [2.05, 4.69) is 64.0 Å². The first-order chi connectivity index (χ1) is 14.7. The lowest BCUT2D eigenvalue weighted by Crippen LogP contribution is -2.20. The van der Waals surface area contributed by atoms with Gasteiger partial charge in [-0.1, -0.05) is 74.5 Å².